The standard InChI is InChI=1S/C18H30N4O2/c1-4-22(14-18(2,3)24)17(23)20-15-8-11-21(12-9-15)13-16-7-5-6-10-19-16/h5-7,10,15,24H,4,8-9,11-14H2,1-3H3,(H,20,23). The van der Waals surface area contributed by atoms with Crippen molar-refractivity contribution in [3.63, 3.8) is 0 Å². The van der Waals surface area contributed by atoms with Gasteiger partial charge in [-0.25, -0.2) is 4.79 Å². The molecule has 134 valence electrons. The van der Waals surface area contributed by atoms with E-state index >= 15 is 0 Å². The predicted octanol–water partition coefficient (Wildman–Crippen LogP) is 1.85. The molecule has 1 aliphatic heterocycles. The second-order valence-electron chi connectivity index (χ2n) is 7.15. The minimum atomic E-state index is -0.876. The van der Waals surface area contributed by atoms with Gasteiger partial charge in [0.1, 0.15) is 0 Å². The lowest BCUT2D eigenvalue weighted by atomic mass is 10.0. The largest absolute Gasteiger partial charge is 0.389 e. The molecule has 0 spiro atoms. The highest BCUT2D eigenvalue weighted by Crippen LogP contribution is 2.14. The molecule has 0 radical (unpaired) electrons. The van der Waals surface area contributed by atoms with Crippen molar-refractivity contribution in [1.82, 2.24) is 20.1 Å². The highest BCUT2D eigenvalue weighted by Gasteiger charge is 2.25. The van der Waals surface area contributed by atoms with Gasteiger partial charge in [-0.2, -0.15) is 0 Å². The number of pyridine rings is 1. The van der Waals surface area contributed by atoms with Crippen molar-refractivity contribution in [2.75, 3.05) is 26.2 Å². The van der Waals surface area contributed by atoms with E-state index in [0.29, 0.717) is 13.1 Å². The Kier molecular flexibility index (Phi) is 6.57. The Labute approximate surface area is 144 Å². The highest BCUT2D eigenvalue weighted by molar-refractivity contribution is 5.74. The lowest BCUT2D eigenvalue weighted by Crippen LogP contribution is -2.51. The summed E-state index contributed by atoms with van der Waals surface area (Å²) in [5, 5.41) is 13.0. The Balaban J connectivity index is 1.76. The van der Waals surface area contributed by atoms with Gasteiger partial charge < -0.3 is 15.3 Å². The van der Waals surface area contributed by atoms with E-state index in [0.717, 1.165) is 38.2 Å². The minimum Gasteiger partial charge on any atom is -0.389 e. The molecule has 2 amide bonds. The monoisotopic (exact) mass is 334 g/mol. The summed E-state index contributed by atoms with van der Waals surface area (Å²) in [5.74, 6) is 0. The zero-order valence-corrected chi connectivity index (χ0v) is 15.0. The van der Waals surface area contributed by atoms with Crippen LogP contribution in [0.2, 0.25) is 0 Å². The molecule has 2 N–H and O–H groups in total. The van der Waals surface area contributed by atoms with Gasteiger partial charge in [-0.3, -0.25) is 9.88 Å². The SMILES string of the molecule is CCN(CC(C)(C)O)C(=O)NC1CCN(Cc2ccccn2)CC1. The van der Waals surface area contributed by atoms with Gasteiger partial charge in [0.05, 0.1) is 17.8 Å². The second-order valence-corrected chi connectivity index (χ2v) is 7.15. The molecule has 0 saturated carbocycles. The number of amides is 2. The topological polar surface area (TPSA) is 68.7 Å². The fourth-order valence-corrected chi connectivity index (χ4v) is 3.02. The molecule has 0 atom stereocenters. The number of hydrogen-bond acceptors (Lipinski definition) is 4. The molecule has 1 fully saturated rings. The Morgan fingerprint density at radius 3 is 2.67 bits per heavy atom. The van der Waals surface area contributed by atoms with Crippen molar-refractivity contribution < 1.29 is 9.90 Å². The number of aliphatic hydroxyl groups is 1. The Morgan fingerprint density at radius 2 is 2.12 bits per heavy atom. The average Bonchev–Trinajstić information content (AvgIpc) is 2.54. The van der Waals surface area contributed by atoms with E-state index in [9.17, 15) is 9.90 Å². The average molecular weight is 334 g/mol. The van der Waals surface area contributed by atoms with Crippen LogP contribution in [-0.2, 0) is 6.54 Å². The third-order valence-electron chi connectivity index (χ3n) is 4.27. The van der Waals surface area contributed by atoms with E-state index in [2.05, 4.69) is 15.2 Å². The molecule has 1 aromatic rings. The van der Waals surface area contributed by atoms with Crippen molar-refractivity contribution in [2.24, 2.45) is 0 Å². The third-order valence-corrected chi connectivity index (χ3v) is 4.27. The van der Waals surface area contributed by atoms with Gasteiger partial charge in [0.2, 0.25) is 0 Å². The van der Waals surface area contributed by atoms with Crippen LogP contribution in [0.1, 0.15) is 39.3 Å². The van der Waals surface area contributed by atoms with Crippen molar-refractivity contribution in [2.45, 2.75) is 51.8 Å². The summed E-state index contributed by atoms with van der Waals surface area (Å²) in [4.78, 5) is 20.8. The molecule has 0 aromatic carbocycles. The summed E-state index contributed by atoms with van der Waals surface area (Å²) in [6.45, 7) is 9.08. The number of likely N-dealkylation sites (N-methyl/N-ethyl adjacent to an activating group) is 1. The van der Waals surface area contributed by atoms with Gasteiger partial charge >= 0.3 is 6.03 Å². The van der Waals surface area contributed by atoms with Crippen LogP contribution in [0.25, 0.3) is 0 Å². The molecular formula is C18H30N4O2. The van der Waals surface area contributed by atoms with Gasteiger partial charge in [0, 0.05) is 38.4 Å². The number of piperidine rings is 1. The van der Waals surface area contributed by atoms with E-state index in [-0.39, 0.29) is 12.1 Å². The van der Waals surface area contributed by atoms with Crippen LogP contribution in [-0.4, -0.2) is 63.7 Å². The summed E-state index contributed by atoms with van der Waals surface area (Å²) < 4.78 is 0. The fraction of sp³-hybridized carbons (Fsp3) is 0.667. The smallest absolute Gasteiger partial charge is 0.317 e. The zero-order valence-electron chi connectivity index (χ0n) is 15.0. The number of carbonyl (C=O) groups excluding carboxylic acids is 1. The summed E-state index contributed by atoms with van der Waals surface area (Å²) in [5.41, 5.74) is 0.210. The van der Waals surface area contributed by atoms with Gasteiger partial charge in [-0.05, 0) is 45.7 Å². The molecule has 0 aliphatic carbocycles. The Hall–Kier alpha value is -1.66. The van der Waals surface area contributed by atoms with E-state index in [4.69, 9.17) is 0 Å². The van der Waals surface area contributed by atoms with Crippen LogP contribution in [0.4, 0.5) is 4.79 Å². The number of urea groups is 1. The summed E-state index contributed by atoms with van der Waals surface area (Å²) in [7, 11) is 0. The van der Waals surface area contributed by atoms with Gasteiger partial charge in [-0.1, -0.05) is 6.07 Å². The third kappa shape index (κ3) is 6.09. The minimum absolute atomic E-state index is 0.0807. The first kappa shape index (κ1) is 18.7. The summed E-state index contributed by atoms with van der Waals surface area (Å²) in [6, 6.07) is 6.11. The van der Waals surface area contributed by atoms with E-state index in [1.807, 2.05) is 31.3 Å². The molecule has 6 nitrogen and oxygen atoms in total. The van der Waals surface area contributed by atoms with Crippen LogP contribution in [0, 0.1) is 0 Å². The molecule has 0 bridgehead atoms. The number of likely N-dealkylation sites (tertiary alicyclic amines) is 1. The molecule has 6 heteroatoms. The normalized spacial score (nSPS) is 16.8. The molecule has 2 heterocycles. The van der Waals surface area contributed by atoms with Gasteiger partial charge in [0.25, 0.3) is 0 Å². The number of carbonyl (C=O) groups is 1. The number of nitrogens with zero attached hydrogens (tertiary/aromatic N) is 3. The fourth-order valence-electron chi connectivity index (χ4n) is 3.02. The maximum atomic E-state index is 12.4. The molecule has 1 saturated heterocycles. The quantitative estimate of drug-likeness (QED) is 0.833. The maximum absolute atomic E-state index is 12.4. The number of nitrogens with one attached hydrogen (secondary N) is 1. The van der Waals surface area contributed by atoms with Crippen LogP contribution < -0.4 is 5.32 Å². The first-order valence-corrected chi connectivity index (χ1v) is 8.77. The zero-order chi connectivity index (χ0) is 17.6. The first-order valence-electron chi connectivity index (χ1n) is 8.77. The number of rotatable bonds is 6. The molecule has 0 unspecified atom stereocenters. The molecular weight excluding hydrogens is 304 g/mol. The van der Waals surface area contributed by atoms with Crippen LogP contribution >= 0.6 is 0 Å². The van der Waals surface area contributed by atoms with E-state index < -0.39 is 5.60 Å². The van der Waals surface area contributed by atoms with Crippen molar-refractivity contribution in [1.29, 1.82) is 0 Å². The van der Waals surface area contributed by atoms with Crippen molar-refractivity contribution in [3.05, 3.63) is 30.1 Å². The number of aromatic nitrogens is 1. The molecule has 1 aliphatic rings. The lowest BCUT2D eigenvalue weighted by molar-refractivity contribution is 0.0470. The Morgan fingerprint density at radius 1 is 1.42 bits per heavy atom. The van der Waals surface area contributed by atoms with Crippen LogP contribution in [0.3, 0.4) is 0 Å². The molecule has 1 aromatic heterocycles. The number of hydrogen-bond donors (Lipinski definition) is 2. The molecule has 24 heavy (non-hydrogen) atoms. The summed E-state index contributed by atoms with van der Waals surface area (Å²) >= 11 is 0. The molecule has 2 rings (SSSR count). The van der Waals surface area contributed by atoms with Crippen LogP contribution in [0.5, 0.6) is 0 Å². The first-order chi connectivity index (χ1) is 11.4. The lowest BCUT2D eigenvalue weighted by Gasteiger charge is -2.34. The maximum Gasteiger partial charge on any atom is 0.317 e. The Bertz CT molecular complexity index is 508. The van der Waals surface area contributed by atoms with Crippen molar-refractivity contribution in [3.8, 4) is 0 Å². The second kappa shape index (κ2) is 8.44. The summed E-state index contributed by atoms with van der Waals surface area (Å²) in [6.07, 6.45) is 3.71. The van der Waals surface area contributed by atoms with Gasteiger partial charge in [0.15, 0.2) is 0 Å². The highest BCUT2D eigenvalue weighted by atomic mass is 16.3. The van der Waals surface area contributed by atoms with E-state index in [1.54, 1.807) is 18.7 Å². The van der Waals surface area contributed by atoms with Crippen LogP contribution in [0.15, 0.2) is 24.4 Å². The van der Waals surface area contributed by atoms with Crippen molar-refractivity contribution >= 4 is 6.03 Å². The predicted molar refractivity (Wildman–Crippen MR) is 94.6 cm³/mol. The van der Waals surface area contributed by atoms with Gasteiger partial charge in [-0.15, -0.1) is 0 Å². The van der Waals surface area contributed by atoms with E-state index in [1.165, 1.54) is 0 Å².